The van der Waals surface area contributed by atoms with Crippen molar-refractivity contribution >= 4 is 29.1 Å². The second-order valence-corrected chi connectivity index (χ2v) is 8.72. The number of carbonyl (C=O) groups is 2. The largest absolute Gasteiger partial charge is 0.348 e. The molecule has 2 aromatic heterocycles. The molecule has 7 heteroatoms. The maximum absolute atomic E-state index is 12.8. The molecule has 1 unspecified atom stereocenters. The summed E-state index contributed by atoms with van der Waals surface area (Å²) in [5.41, 5.74) is 4.21. The number of carbonyl (C=O) groups excluding carboxylic acids is 2. The van der Waals surface area contributed by atoms with E-state index in [-0.39, 0.29) is 17.7 Å². The Bertz CT molecular complexity index is 1320. The minimum absolute atomic E-state index is 0.00420. The second kappa shape index (κ2) is 9.08. The fourth-order valence-corrected chi connectivity index (χ4v) is 4.46. The zero-order valence-corrected chi connectivity index (χ0v) is 18.7. The van der Waals surface area contributed by atoms with Crippen LogP contribution in [0.2, 0.25) is 5.02 Å². The maximum Gasteiger partial charge on any atom is 0.253 e. The summed E-state index contributed by atoms with van der Waals surface area (Å²) >= 11 is 6.03. The van der Waals surface area contributed by atoms with Gasteiger partial charge in [-0.25, -0.2) is 4.98 Å². The van der Waals surface area contributed by atoms with Crippen LogP contribution in [0, 0.1) is 0 Å². The fraction of sp³-hybridized carbons (Fsp3) is 0.192. The molecule has 4 aromatic rings. The van der Waals surface area contributed by atoms with Gasteiger partial charge in [-0.1, -0.05) is 29.8 Å². The van der Waals surface area contributed by atoms with E-state index < -0.39 is 0 Å². The molecule has 5 rings (SSSR count). The van der Waals surface area contributed by atoms with Crippen LogP contribution in [0.4, 0.5) is 0 Å². The van der Waals surface area contributed by atoms with E-state index >= 15 is 0 Å². The maximum atomic E-state index is 12.8. The van der Waals surface area contributed by atoms with Crippen molar-refractivity contribution in [1.29, 1.82) is 0 Å². The van der Waals surface area contributed by atoms with Gasteiger partial charge in [0.2, 0.25) is 0 Å². The summed E-state index contributed by atoms with van der Waals surface area (Å²) in [6, 6.07) is 18.7. The van der Waals surface area contributed by atoms with Crippen LogP contribution in [0.1, 0.15) is 44.2 Å². The van der Waals surface area contributed by atoms with Crippen LogP contribution in [0.5, 0.6) is 0 Å². The summed E-state index contributed by atoms with van der Waals surface area (Å²) in [7, 11) is 0. The lowest BCUT2D eigenvalue weighted by Gasteiger charge is -2.17. The average molecular weight is 459 g/mol. The van der Waals surface area contributed by atoms with Gasteiger partial charge in [0.15, 0.2) is 0 Å². The van der Waals surface area contributed by atoms with Crippen LogP contribution in [0.15, 0.2) is 79.3 Å². The molecule has 2 amide bonds. The van der Waals surface area contributed by atoms with Crippen molar-refractivity contribution in [2.24, 2.45) is 0 Å². The second-order valence-electron chi connectivity index (χ2n) is 8.28. The molecule has 2 aromatic carbocycles. The third-order valence-electron chi connectivity index (χ3n) is 6.11. The van der Waals surface area contributed by atoms with Crippen LogP contribution < -0.4 is 5.32 Å². The molecule has 1 saturated heterocycles. The van der Waals surface area contributed by atoms with Gasteiger partial charge in [-0.3, -0.25) is 9.59 Å². The number of benzene rings is 2. The van der Waals surface area contributed by atoms with Gasteiger partial charge in [0, 0.05) is 60.3 Å². The molecule has 6 nitrogen and oxygen atoms in total. The molecular weight excluding hydrogens is 436 g/mol. The number of likely N-dealkylation sites (tertiary alicyclic amines) is 1. The molecular formula is C26H23ClN4O2. The van der Waals surface area contributed by atoms with Gasteiger partial charge in [0.1, 0.15) is 5.65 Å². The van der Waals surface area contributed by atoms with Crippen molar-refractivity contribution in [3.8, 4) is 0 Å². The Labute approximate surface area is 196 Å². The SMILES string of the molecule is O=C(NCc1ccn2ccnc2c1)c1ccc(C2CCN(C(=O)c3cccc(Cl)c3)C2)cc1. The Kier molecular flexibility index (Phi) is 5.84. The number of halogens is 1. The van der Waals surface area contributed by atoms with Gasteiger partial charge in [-0.05, 0) is 60.0 Å². The molecule has 1 atom stereocenters. The number of nitrogens with zero attached hydrogens (tertiary/aromatic N) is 3. The highest BCUT2D eigenvalue weighted by atomic mass is 35.5. The van der Waals surface area contributed by atoms with E-state index in [4.69, 9.17) is 11.6 Å². The number of hydrogen-bond acceptors (Lipinski definition) is 3. The molecule has 1 aliphatic rings. The molecule has 0 radical (unpaired) electrons. The molecule has 0 saturated carbocycles. The van der Waals surface area contributed by atoms with Gasteiger partial charge in [0.05, 0.1) is 0 Å². The quantitative estimate of drug-likeness (QED) is 0.477. The summed E-state index contributed by atoms with van der Waals surface area (Å²) in [4.78, 5) is 31.5. The van der Waals surface area contributed by atoms with Crippen molar-refractivity contribution in [3.05, 3.63) is 107 Å². The van der Waals surface area contributed by atoms with Crippen molar-refractivity contribution in [3.63, 3.8) is 0 Å². The van der Waals surface area contributed by atoms with Crippen molar-refractivity contribution < 1.29 is 9.59 Å². The predicted molar refractivity (Wildman–Crippen MR) is 128 cm³/mol. The van der Waals surface area contributed by atoms with Crippen LogP contribution >= 0.6 is 11.6 Å². The molecule has 1 fully saturated rings. The Morgan fingerprint density at radius 3 is 2.70 bits per heavy atom. The van der Waals surface area contributed by atoms with Gasteiger partial charge in [0.25, 0.3) is 11.8 Å². The molecule has 1 aliphatic heterocycles. The Hall–Kier alpha value is -3.64. The minimum Gasteiger partial charge on any atom is -0.348 e. The minimum atomic E-state index is -0.117. The zero-order valence-electron chi connectivity index (χ0n) is 17.9. The highest BCUT2D eigenvalue weighted by molar-refractivity contribution is 6.30. The lowest BCUT2D eigenvalue weighted by atomic mass is 9.97. The van der Waals surface area contributed by atoms with Crippen molar-refractivity contribution in [2.75, 3.05) is 13.1 Å². The fourth-order valence-electron chi connectivity index (χ4n) is 4.27. The Balaban J connectivity index is 1.18. The van der Waals surface area contributed by atoms with E-state index in [1.807, 2.05) is 58.1 Å². The normalized spacial score (nSPS) is 15.7. The van der Waals surface area contributed by atoms with Gasteiger partial charge in [-0.2, -0.15) is 0 Å². The zero-order chi connectivity index (χ0) is 22.8. The monoisotopic (exact) mass is 458 g/mol. The summed E-state index contributed by atoms with van der Waals surface area (Å²) in [5, 5.41) is 3.53. The standard InChI is InChI=1S/C26H23ClN4O2/c27-23-3-1-2-21(15-23)26(33)31-12-9-22(17-31)19-4-6-20(7-5-19)25(32)29-16-18-8-11-30-13-10-28-24(30)14-18/h1-8,10-11,13-15,22H,9,12,16-17H2,(H,29,32). The molecule has 33 heavy (non-hydrogen) atoms. The summed E-state index contributed by atoms with van der Waals surface area (Å²) in [6.07, 6.45) is 6.46. The molecule has 0 spiro atoms. The number of rotatable bonds is 5. The van der Waals surface area contributed by atoms with E-state index in [2.05, 4.69) is 10.3 Å². The van der Waals surface area contributed by atoms with Crippen LogP contribution in [0.25, 0.3) is 5.65 Å². The summed E-state index contributed by atoms with van der Waals surface area (Å²) in [5.74, 6) is 0.144. The van der Waals surface area contributed by atoms with Crippen LogP contribution in [-0.4, -0.2) is 39.2 Å². The van der Waals surface area contributed by atoms with Gasteiger partial charge < -0.3 is 14.6 Å². The smallest absolute Gasteiger partial charge is 0.253 e. The first-order valence-corrected chi connectivity index (χ1v) is 11.3. The first kappa shape index (κ1) is 21.2. The number of pyridine rings is 1. The third kappa shape index (κ3) is 4.61. The third-order valence-corrected chi connectivity index (χ3v) is 6.34. The lowest BCUT2D eigenvalue weighted by Crippen LogP contribution is -2.28. The Morgan fingerprint density at radius 1 is 1.03 bits per heavy atom. The van der Waals surface area contributed by atoms with E-state index in [9.17, 15) is 9.59 Å². The van der Waals surface area contributed by atoms with Crippen LogP contribution in [0.3, 0.4) is 0 Å². The number of hydrogen-bond donors (Lipinski definition) is 1. The average Bonchev–Trinajstić information content (AvgIpc) is 3.52. The molecule has 3 heterocycles. The molecule has 0 aliphatic carbocycles. The molecule has 0 bridgehead atoms. The first-order chi connectivity index (χ1) is 16.1. The highest BCUT2D eigenvalue weighted by Crippen LogP contribution is 2.28. The Morgan fingerprint density at radius 2 is 1.88 bits per heavy atom. The lowest BCUT2D eigenvalue weighted by molar-refractivity contribution is 0.0790. The van der Waals surface area contributed by atoms with Gasteiger partial charge >= 0.3 is 0 Å². The summed E-state index contributed by atoms with van der Waals surface area (Å²) < 4.78 is 1.93. The topological polar surface area (TPSA) is 66.7 Å². The highest BCUT2D eigenvalue weighted by Gasteiger charge is 2.28. The van der Waals surface area contributed by atoms with E-state index in [0.717, 1.165) is 23.2 Å². The van der Waals surface area contributed by atoms with E-state index in [1.165, 1.54) is 0 Å². The number of fused-ring (bicyclic) bond motifs is 1. The number of amides is 2. The predicted octanol–water partition coefficient (Wildman–Crippen LogP) is 4.55. The summed E-state index contributed by atoms with van der Waals surface area (Å²) in [6.45, 7) is 1.80. The number of aromatic nitrogens is 2. The number of imidazole rings is 1. The first-order valence-electron chi connectivity index (χ1n) is 10.9. The van der Waals surface area contributed by atoms with Gasteiger partial charge in [-0.15, -0.1) is 0 Å². The molecule has 1 N–H and O–H groups in total. The molecule has 166 valence electrons. The van der Waals surface area contributed by atoms with Crippen molar-refractivity contribution in [1.82, 2.24) is 19.6 Å². The van der Waals surface area contributed by atoms with E-state index in [1.54, 1.807) is 30.5 Å². The van der Waals surface area contributed by atoms with Crippen LogP contribution in [-0.2, 0) is 6.54 Å². The van der Waals surface area contributed by atoms with E-state index in [0.29, 0.717) is 35.8 Å². The number of nitrogens with one attached hydrogen (secondary N) is 1. The van der Waals surface area contributed by atoms with Crippen molar-refractivity contribution in [2.45, 2.75) is 18.9 Å².